The molecule has 0 spiro atoms. The highest BCUT2D eigenvalue weighted by Crippen LogP contribution is 2.44. The van der Waals surface area contributed by atoms with E-state index in [1.165, 1.54) is 0 Å². The summed E-state index contributed by atoms with van der Waals surface area (Å²) in [6, 6.07) is 38.0. The number of halogens is 3. The molecule has 0 bridgehead atoms. The maximum absolute atomic E-state index is 12.5. The molecule has 6 aromatic carbocycles. The maximum Gasteiger partial charge on any atom is 0.452 e. The van der Waals surface area contributed by atoms with Gasteiger partial charge in [-0.05, 0) is 202 Å². The van der Waals surface area contributed by atoms with Crippen molar-refractivity contribution in [2.75, 3.05) is 63.5 Å². The first-order valence-corrected chi connectivity index (χ1v) is 41.0. The van der Waals surface area contributed by atoms with E-state index >= 15 is 0 Å². The number of aromatic nitrogens is 6. The van der Waals surface area contributed by atoms with Crippen LogP contribution in [0.2, 0.25) is 0 Å². The van der Waals surface area contributed by atoms with Crippen LogP contribution in [0, 0.1) is 20.8 Å². The van der Waals surface area contributed by atoms with Crippen molar-refractivity contribution in [3.8, 4) is 50.6 Å². The molecule has 0 aliphatic carbocycles. The van der Waals surface area contributed by atoms with E-state index in [4.69, 9.17) is 38.6 Å². The summed E-state index contributed by atoms with van der Waals surface area (Å²) in [7, 11) is -9.96. The van der Waals surface area contributed by atoms with Crippen LogP contribution in [0.1, 0.15) is 78.0 Å². The number of hydrogen-bond acceptors (Lipinski definition) is 21. The predicted octanol–water partition coefficient (Wildman–Crippen LogP) is 13.0. The zero-order chi connectivity index (χ0) is 80.1. The van der Waals surface area contributed by atoms with Gasteiger partial charge in [0, 0.05) is 57.5 Å². The van der Waals surface area contributed by atoms with Crippen LogP contribution in [0.4, 0.5) is 13.2 Å². The number of Topliss-reactive ketones (excluding diaryl/α,β-unsaturated/α-hetero) is 1. The lowest BCUT2D eigenvalue weighted by atomic mass is 9.99. The van der Waals surface area contributed by atoms with Crippen molar-refractivity contribution in [3.63, 3.8) is 0 Å². The van der Waals surface area contributed by atoms with Crippen LogP contribution in [-0.2, 0) is 58.0 Å². The number of carbonyl (C=O) groups excluding carboxylic acids is 1. The molecule has 12 aromatic rings. The predicted molar refractivity (Wildman–Crippen MR) is 421 cm³/mol. The van der Waals surface area contributed by atoms with E-state index < -0.39 is 71.9 Å². The number of aliphatic hydroxyl groups is 3. The van der Waals surface area contributed by atoms with E-state index in [1.807, 2.05) is 109 Å². The van der Waals surface area contributed by atoms with Gasteiger partial charge in [0.2, 0.25) is 0 Å². The summed E-state index contributed by atoms with van der Waals surface area (Å²) >= 11 is 0. The average molecular weight is 1610 g/mol. The van der Waals surface area contributed by atoms with Crippen molar-refractivity contribution in [3.05, 3.63) is 163 Å². The summed E-state index contributed by atoms with van der Waals surface area (Å²) in [5.41, 5.74) is 12.2. The van der Waals surface area contributed by atoms with E-state index in [1.54, 1.807) is 99.9 Å². The normalized spacial score (nSPS) is 17.1. The fraction of sp³-hybridized carbons (Fsp3) is 0.358. The quantitative estimate of drug-likeness (QED) is 0.0419. The van der Waals surface area contributed by atoms with Crippen LogP contribution in [-0.4, -0.2) is 193 Å². The molecule has 0 amide bonds. The van der Waals surface area contributed by atoms with Crippen LogP contribution >= 0.6 is 0 Å². The van der Waals surface area contributed by atoms with E-state index in [9.17, 15) is 53.4 Å². The molecule has 3 fully saturated rings. The number of carbonyl (C=O) groups is 1. The number of rotatable bonds is 18. The molecule has 9 heterocycles. The number of H-pyrrole nitrogens is 3. The van der Waals surface area contributed by atoms with Crippen molar-refractivity contribution in [1.29, 1.82) is 0 Å². The van der Waals surface area contributed by atoms with Crippen molar-refractivity contribution in [2.24, 2.45) is 0 Å². The number of ketones is 1. The first kappa shape index (κ1) is 85.0. The number of hydrogen-bond donors (Lipinski definition) is 7. The zero-order valence-electron chi connectivity index (χ0n) is 63.4. The number of fused-ring (bicyclic) bond motifs is 9. The maximum atomic E-state index is 12.5. The molecule has 6 aromatic heterocycles. The minimum atomic E-state index is -4.74. The minimum absolute atomic E-state index is 0. The highest BCUT2D eigenvalue weighted by Gasteiger charge is 2.45. The lowest BCUT2D eigenvalue weighted by Crippen LogP contribution is -2.33. The molecular formula is C81H91F3N6O19S3. The molecule has 598 valence electrons. The van der Waals surface area contributed by atoms with Crippen molar-refractivity contribution < 1.29 is 102 Å². The fourth-order valence-corrected chi connectivity index (χ4v) is 15.8. The smallest absolute Gasteiger partial charge is 0.452 e. The number of ether oxygens (including phenoxy) is 7. The molecule has 15 rings (SSSR count). The van der Waals surface area contributed by atoms with Gasteiger partial charge in [-0.3, -0.25) is 4.79 Å². The standard InChI is InChI=1S/C26H28N2O5S.C23H24N2O5S.C20H18N2O3S.C6H7F3O2.C6H12O3.H2O/c1-5-34(29,30)19-8-6-7-17(12-19)20-9-10-22(31-14-18-15-32-26(3,4)33-18)24-23(20)21-11-16(2)13-27-25(21)28-24;1-3-31(28,29)17-6-4-5-15(10-17)18-7-8-20(30-13-16(27)12-26)22-21(18)19-9-14(2)11-24-23(19)25-22;1-3-26(24,25)14-6-4-5-13(10-14)15-7-8-17(23)19-18(15)16-9-12(2)11-21-20(16)22-19;7-6(8,9)5(10)4-2-1-3-11-4;1-6(2)8-4-5(3-7)9-6;/h6-13,18H,5,14-15H2,1-4H3,(H,27,28);4-11,16,26-27H,3,12-13H2,1-2H3,(H,24,25);4-11,23H,3H2,1-2H3,(H,21,22);4H,1-3H2;5,7H,3-4H2,1-2H3;1H2/t18-;16-;;;5-;/m10..1./s1. The largest absolute Gasteiger partial charge is 0.506 e. The first-order valence-electron chi connectivity index (χ1n) is 36.0. The Morgan fingerprint density at radius 2 is 0.964 bits per heavy atom. The number of aliphatic hydroxyl groups excluding tert-OH is 3. The van der Waals surface area contributed by atoms with Crippen LogP contribution in [0.3, 0.4) is 0 Å². The van der Waals surface area contributed by atoms with E-state index in [0.717, 1.165) is 93.6 Å². The summed E-state index contributed by atoms with van der Waals surface area (Å²) < 4.78 is 148. The first-order chi connectivity index (χ1) is 52.6. The second-order valence-corrected chi connectivity index (χ2v) is 34.7. The SMILES string of the molecule is CC1(C)OC[C@@H](CO)O1.CCS(=O)(=O)c1cccc(-c2ccc(O)c3[nH]c4ncc(C)cc4c23)c1.CCS(=O)(=O)c1cccc(-c2ccc(OC[C@@H](O)CO)c3[nH]c4ncc(C)cc4c23)c1.CCS(=O)(=O)c1cccc(-c2ccc(OC[C@@H]3COC(C)(C)O3)c3[nH]c4ncc(C)cc4c23)c1.O.O=C(C1CCCO1)C(F)(F)F. The number of sulfone groups is 3. The van der Waals surface area contributed by atoms with Gasteiger partial charge in [0.05, 0.1) is 74.9 Å². The highest BCUT2D eigenvalue weighted by atomic mass is 32.2. The Labute approximate surface area is 645 Å². The Kier molecular flexibility index (Phi) is 26.4. The summed E-state index contributed by atoms with van der Waals surface area (Å²) in [6.07, 6.45) is -1.18. The van der Waals surface area contributed by atoms with Gasteiger partial charge < -0.3 is 74.0 Å². The molecule has 3 saturated heterocycles. The third kappa shape index (κ3) is 19.4. The minimum Gasteiger partial charge on any atom is -0.506 e. The molecule has 1 unspecified atom stereocenters. The van der Waals surface area contributed by atoms with Crippen LogP contribution in [0.5, 0.6) is 17.2 Å². The highest BCUT2D eigenvalue weighted by molar-refractivity contribution is 7.92. The van der Waals surface area contributed by atoms with Crippen LogP contribution in [0.25, 0.3) is 99.2 Å². The molecule has 0 saturated carbocycles. The Bertz CT molecular complexity index is 5760. The van der Waals surface area contributed by atoms with Gasteiger partial charge in [-0.2, -0.15) is 13.2 Å². The van der Waals surface area contributed by atoms with Gasteiger partial charge in [-0.25, -0.2) is 40.2 Å². The topological polar surface area (TPSA) is 383 Å². The number of nitrogens with one attached hydrogen (secondary N) is 3. The summed E-state index contributed by atoms with van der Waals surface area (Å²) in [6.45, 7) is 19.5. The van der Waals surface area contributed by atoms with Crippen LogP contribution < -0.4 is 9.47 Å². The third-order valence-electron chi connectivity index (χ3n) is 18.7. The molecule has 112 heavy (non-hydrogen) atoms. The van der Waals surface area contributed by atoms with Gasteiger partial charge in [-0.1, -0.05) is 57.2 Å². The molecule has 3 aliphatic heterocycles. The molecule has 0 radical (unpaired) electrons. The number of nitrogens with zero attached hydrogens (tertiary/aromatic N) is 3. The van der Waals surface area contributed by atoms with Gasteiger partial charge in [-0.15, -0.1) is 0 Å². The van der Waals surface area contributed by atoms with Crippen molar-refractivity contribution in [2.45, 2.75) is 139 Å². The monoisotopic (exact) mass is 1600 g/mol. The summed E-state index contributed by atoms with van der Waals surface area (Å²) in [5.74, 6) is -1.39. The number of benzene rings is 6. The van der Waals surface area contributed by atoms with E-state index in [2.05, 4.69) is 40.7 Å². The van der Waals surface area contributed by atoms with Crippen LogP contribution in [0.15, 0.2) is 161 Å². The molecule has 9 N–H and O–H groups in total. The van der Waals surface area contributed by atoms with Crippen molar-refractivity contribution >= 4 is 101 Å². The zero-order valence-corrected chi connectivity index (χ0v) is 65.8. The Balaban J connectivity index is 0.000000158. The number of pyridine rings is 3. The van der Waals surface area contributed by atoms with Gasteiger partial charge in [0.15, 0.2) is 41.1 Å². The van der Waals surface area contributed by atoms with E-state index in [0.29, 0.717) is 69.9 Å². The molecule has 3 aliphatic rings. The molecular weight excluding hydrogens is 1510 g/mol. The lowest BCUT2D eigenvalue weighted by molar-refractivity contribution is -0.180. The summed E-state index contributed by atoms with van der Waals surface area (Å²) in [5, 5.41) is 43.0. The number of phenols is 1. The Hall–Kier alpha value is -9.48. The third-order valence-corrected chi connectivity index (χ3v) is 23.9. The number of phenolic OH excluding ortho intramolecular Hbond substituents is 1. The second-order valence-electron chi connectivity index (χ2n) is 27.9. The molecule has 4 atom stereocenters. The summed E-state index contributed by atoms with van der Waals surface area (Å²) in [4.78, 5) is 34.6. The number of alkyl halides is 3. The average Bonchev–Trinajstić information content (AvgIpc) is 1.60. The van der Waals surface area contributed by atoms with E-state index in [-0.39, 0.29) is 71.8 Å². The Morgan fingerprint density at radius 3 is 1.32 bits per heavy atom. The van der Waals surface area contributed by atoms with Gasteiger partial charge >= 0.3 is 6.18 Å². The molecule has 25 nitrogen and oxygen atoms in total. The fourth-order valence-electron chi connectivity index (χ4n) is 13.0. The number of aromatic hydroxyl groups is 1. The van der Waals surface area contributed by atoms with Gasteiger partial charge in [0.1, 0.15) is 71.8 Å². The lowest BCUT2D eigenvalue weighted by Gasteiger charge is -2.17. The molecule has 31 heteroatoms. The number of aromatic amines is 3. The number of aryl methyl sites for hydroxylation is 3. The van der Waals surface area contributed by atoms with Crippen molar-refractivity contribution in [1.82, 2.24) is 29.9 Å². The Morgan fingerprint density at radius 1 is 0.571 bits per heavy atom. The second kappa shape index (κ2) is 34.9. The van der Waals surface area contributed by atoms with Gasteiger partial charge in [0.25, 0.3) is 5.78 Å².